The Kier molecular flexibility index (Phi) is 7.91. The highest BCUT2D eigenvalue weighted by atomic mass is 16.5. The summed E-state index contributed by atoms with van der Waals surface area (Å²) in [4.78, 5) is 8.75. The number of aromatic nitrogens is 2. The molecule has 5 nitrogen and oxygen atoms in total. The van der Waals surface area contributed by atoms with Gasteiger partial charge in [-0.3, -0.25) is 4.57 Å². The highest BCUT2D eigenvalue weighted by molar-refractivity contribution is 6.09. The van der Waals surface area contributed by atoms with Crippen molar-refractivity contribution in [2.45, 2.75) is 104 Å². The first-order valence-electron chi connectivity index (χ1n) is 33.5. The third-order valence-corrected chi connectivity index (χ3v) is 15.0. The maximum atomic E-state index is 10.4. The molecule has 0 saturated heterocycles. The van der Waals surface area contributed by atoms with Crippen molar-refractivity contribution < 1.29 is 26.7 Å². The molecule has 0 spiro atoms. The van der Waals surface area contributed by atoms with Crippen LogP contribution in [0.2, 0.25) is 0 Å². The van der Waals surface area contributed by atoms with Gasteiger partial charge in [0.2, 0.25) is 0 Å². The molecule has 5 heteroatoms. The van der Waals surface area contributed by atoms with E-state index < -0.39 is 81.8 Å². The van der Waals surface area contributed by atoms with Gasteiger partial charge in [-0.15, -0.1) is 0 Å². The molecule has 0 saturated carbocycles. The Morgan fingerprint density at radius 3 is 1.88 bits per heavy atom. The number of rotatable bonds is 8. The average molecular weight is 997 g/mol. The number of para-hydroxylation sites is 3. The van der Waals surface area contributed by atoms with Crippen LogP contribution in [-0.2, 0) is 21.7 Å². The molecule has 10 aromatic rings. The molecule has 374 valence electrons. The van der Waals surface area contributed by atoms with Crippen LogP contribution in [0.25, 0.3) is 61.0 Å². The van der Waals surface area contributed by atoms with Crippen molar-refractivity contribution in [1.29, 1.82) is 0 Å². The topological polar surface area (TPSA) is 33.5 Å². The molecule has 8 aromatic carbocycles. The van der Waals surface area contributed by atoms with Crippen LogP contribution in [0.4, 0.5) is 22.7 Å². The van der Waals surface area contributed by atoms with Crippen LogP contribution in [0.3, 0.4) is 0 Å². The number of hydrogen-bond donors (Lipinski definition) is 0. The third kappa shape index (κ3) is 8.66. The van der Waals surface area contributed by atoms with E-state index in [1.807, 2.05) is 111 Å². The fourth-order valence-corrected chi connectivity index (χ4v) is 10.6. The molecule has 75 heavy (non-hydrogen) atoms. The van der Waals surface area contributed by atoms with Gasteiger partial charge in [-0.25, -0.2) is 4.98 Å². The summed E-state index contributed by atoms with van der Waals surface area (Å²) in [6.07, 6.45) is 3.13. The summed E-state index contributed by atoms with van der Waals surface area (Å²) in [7, 11) is 0. The lowest BCUT2D eigenvalue weighted by molar-refractivity contribution is 0.332. The smallest absolute Gasteiger partial charge is 0.137 e. The summed E-state index contributed by atoms with van der Waals surface area (Å²) >= 11 is 0. The van der Waals surface area contributed by atoms with Gasteiger partial charge in [-0.2, -0.15) is 0 Å². The Morgan fingerprint density at radius 2 is 1.15 bits per heavy atom. The van der Waals surface area contributed by atoms with Gasteiger partial charge in [-0.05, 0) is 146 Å². The van der Waals surface area contributed by atoms with Crippen molar-refractivity contribution in [3.05, 3.63) is 216 Å². The van der Waals surface area contributed by atoms with Crippen LogP contribution in [0.1, 0.15) is 126 Å². The number of benzene rings is 8. The van der Waals surface area contributed by atoms with Crippen molar-refractivity contribution in [1.82, 2.24) is 9.55 Å². The quantitative estimate of drug-likeness (QED) is 0.152. The van der Waals surface area contributed by atoms with Gasteiger partial charge in [-0.1, -0.05) is 178 Å². The van der Waals surface area contributed by atoms with Gasteiger partial charge >= 0.3 is 0 Å². The summed E-state index contributed by atoms with van der Waals surface area (Å²) < 4.78 is 157. The molecule has 0 amide bonds. The number of ether oxygens (including phenoxy) is 1. The molecule has 2 aliphatic rings. The number of hydrogen-bond acceptors (Lipinski definition) is 4. The first-order chi connectivity index (χ1) is 42.6. The van der Waals surface area contributed by atoms with E-state index in [1.54, 1.807) is 35.0 Å². The minimum absolute atomic E-state index is 0.0155. The largest absolute Gasteiger partial charge is 0.457 e. The molecular formula is C70H68N4O. The molecular weight excluding hydrogens is 913 g/mol. The third-order valence-electron chi connectivity index (χ3n) is 15.0. The Morgan fingerprint density at radius 1 is 0.520 bits per heavy atom. The van der Waals surface area contributed by atoms with E-state index in [1.165, 1.54) is 0 Å². The van der Waals surface area contributed by atoms with Crippen LogP contribution in [0.15, 0.2) is 194 Å². The van der Waals surface area contributed by atoms with E-state index in [0.29, 0.717) is 85.0 Å². The molecule has 12 rings (SSSR count). The van der Waals surface area contributed by atoms with Gasteiger partial charge in [0.15, 0.2) is 0 Å². The maximum Gasteiger partial charge on any atom is 0.137 e. The highest BCUT2D eigenvalue weighted by Crippen LogP contribution is 2.54. The number of nitrogens with zero attached hydrogens (tertiary/aromatic N) is 4. The van der Waals surface area contributed by atoms with Crippen molar-refractivity contribution in [2.75, 3.05) is 16.5 Å². The van der Waals surface area contributed by atoms with Gasteiger partial charge in [0.05, 0.1) is 50.0 Å². The second-order valence-corrected chi connectivity index (χ2v) is 23.2. The predicted molar refractivity (Wildman–Crippen MR) is 316 cm³/mol. The average Bonchev–Trinajstić information content (AvgIpc) is 1.60. The molecule has 0 atom stereocenters. The summed E-state index contributed by atoms with van der Waals surface area (Å²) in [6.45, 7) is 20.4. The molecule has 0 bridgehead atoms. The first-order valence-corrected chi connectivity index (χ1v) is 25.5. The zero-order chi connectivity index (χ0) is 65.9. The summed E-state index contributed by atoms with van der Waals surface area (Å²) in [6, 6.07) is 20.9. The molecule has 0 unspecified atom stereocenters. The fourth-order valence-electron chi connectivity index (χ4n) is 10.6. The minimum Gasteiger partial charge on any atom is -0.457 e. The monoisotopic (exact) mass is 997 g/mol. The van der Waals surface area contributed by atoms with E-state index >= 15 is 0 Å². The van der Waals surface area contributed by atoms with Gasteiger partial charge in [0.25, 0.3) is 0 Å². The lowest BCUT2D eigenvalue weighted by atomic mass is 9.63. The Hall–Kier alpha value is -7.89. The highest BCUT2D eigenvalue weighted by Gasteiger charge is 2.38. The van der Waals surface area contributed by atoms with Crippen LogP contribution >= 0.6 is 0 Å². The summed E-state index contributed by atoms with van der Waals surface area (Å²) in [5.41, 5.74) is 3.53. The minimum atomic E-state index is -0.696. The van der Waals surface area contributed by atoms with Crippen molar-refractivity contribution in [2.24, 2.45) is 0 Å². The number of fused-ring (bicyclic) bond motifs is 5. The standard InChI is InChI=1S/C70H68N4O/c1-67(2,3)50-35-38-71-65(42-50)74-61-24-15-14-23-55(61)56-33-32-54(44-64(56)74)75-53-22-18-21-52(43-53)72-45-73(63-26-17-16-25-62(63)72)66-57(48-29-27-47(28-30-48)46-19-12-11-13-20-46)40-51(68(4,5)6)41-58(66)49-31-34-59-60(39-49)70(9,10)37-36-69(59,7)8/h11-35,38-44H,36-37,45H2,1-10H3/i11D,12D,13D,14D,15D,19D,20D,23D,24D,27D,28D,29D,30D,31D,34D,39D. The Balaban J connectivity index is 1.07. The normalized spacial score (nSPS) is 18.1. The molecule has 1 aliphatic heterocycles. The molecule has 3 heterocycles. The van der Waals surface area contributed by atoms with Crippen LogP contribution in [-0.4, -0.2) is 16.2 Å². The maximum absolute atomic E-state index is 10.4. The predicted octanol–water partition coefficient (Wildman–Crippen LogP) is 19.2. The van der Waals surface area contributed by atoms with E-state index in [4.69, 9.17) is 22.1 Å². The zero-order valence-electron chi connectivity index (χ0n) is 60.1. The van der Waals surface area contributed by atoms with Crippen molar-refractivity contribution >= 4 is 44.6 Å². The van der Waals surface area contributed by atoms with E-state index in [2.05, 4.69) is 34.6 Å². The second kappa shape index (κ2) is 17.9. The first kappa shape index (κ1) is 33.1. The lowest BCUT2D eigenvalue weighted by Gasteiger charge is -2.42. The Bertz CT molecular complexity index is 4730. The molecule has 0 N–H and O–H groups in total. The van der Waals surface area contributed by atoms with Crippen molar-refractivity contribution in [3.8, 4) is 50.7 Å². The molecule has 2 aromatic heterocycles. The zero-order valence-corrected chi connectivity index (χ0v) is 44.1. The SMILES string of the molecule is [2H]c1c([2H])c([2H])c(-c2c([2H])c([2H])c(-c3cc(C(C)(C)C)cc(-c4c([2H])c([2H])c5c(c4[2H])C(C)(C)CCC5(C)C)c3N3CN(c4cccc(Oc5ccc6c7c([2H])c([2H])c([2H])c([2H])c7n(-c7cc(C(C)(C)C)ccn7)c6c5)c4)c4ccccc43)c([2H])c2[2H])c([2H])c1[2H]. The summed E-state index contributed by atoms with van der Waals surface area (Å²) in [5, 5.41) is 0.916. The molecule has 0 radical (unpaired) electrons. The van der Waals surface area contributed by atoms with Gasteiger partial charge in [0.1, 0.15) is 24.0 Å². The number of pyridine rings is 1. The van der Waals surface area contributed by atoms with E-state index in [0.717, 1.165) is 12.0 Å². The van der Waals surface area contributed by atoms with Gasteiger partial charge < -0.3 is 14.5 Å². The van der Waals surface area contributed by atoms with E-state index in [-0.39, 0.29) is 76.6 Å². The van der Waals surface area contributed by atoms with Crippen molar-refractivity contribution in [3.63, 3.8) is 0 Å². The lowest BCUT2D eigenvalue weighted by Crippen LogP contribution is -2.33. The van der Waals surface area contributed by atoms with Gasteiger partial charge in [0, 0.05) is 45.9 Å². The molecule has 1 aliphatic carbocycles. The van der Waals surface area contributed by atoms with E-state index in [9.17, 15) is 9.60 Å². The number of anilines is 4. The second-order valence-electron chi connectivity index (χ2n) is 23.2. The summed E-state index contributed by atoms with van der Waals surface area (Å²) in [5.74, 6) is 1.29. The van der Waals surface area contributed by atoms with Crippen LogP contribution < -0.4 is 14.5 Å². The fraction of sp³-hybridized carbons (Fsp3) is 0.243. The van der Waals surface area contributed by atoms with Crippen LogP contribution in [0.5, 0.6) is 11.5 Å². The van der Waals surface area contributed by atoms with Crippen LogP contribution in [0, 0.1) is 0 Å². The Labute approximate surface area is 466 Å². The molecule has 0 fully saturated rings.